The molecule has 7 heteroatoms. The Balaban J connectivity index is 1.46. The van der Waals surface area contributed by atoms with E-state index >= 15 is 0 Å². The van der Waals surface area contributed by atoms with E-state index in [0.717, 1.165) is 65.0 Å². The summed E-state index contributed by atoms with van der Waals surface area (Å²) < 4.78 is 13.7. The molecule has 0 radical (unpaired) electrons. The SMILES string of the molecule is COc1ccc2c(c1)nc1n2C(CN(Cc2cccc(C)n2)Cc2cccc(C)n2)COC1. The van der Waals surface area contributed by atoms with Crippen molar-refractivity contribution in [3.8, 4) is 5.75 Å². The lowest BCUT2D eigenvalue weighted by Crippen LogP contribution is -2.36. The second-order valence-corrected chi connectivity index (χ2v) is 8.63. The zero-order valence-corrected chi connectivity index (χ0v) is 19.4. The Hall–Kier alpha value is -3.29. The number of hydrogen-bond acceptors (Lipinski definition) is 6. The summed E-state index contributed by atoms with van der Waals surface area (Å²) in [6.07, 6.45) is 0. The first-order chi connectivity index (χ1) is 16.1. The molecule has 0 bridgehead atoms. The van der Waals surface area contributed by atoms with Gasteiger partial charge in [0.15, 0.2) is 0 Å². The van der Waals surface area contributed by atoms with Crippen molar-refractivity contribution in [1.29, 1.82) is 0 Å². The number of benzene rings is 1. The number of aromatic nitrogens is 4. The highest BCUT2D eigenvalue weighted by Gasteiger charge is 2.26. The maximum atomic E-state index is 5.96. The van der Waals surface area contributed by atoms with E-state index in [2.05, 4.69) is 39.8 Å². The molecular formula is C26H29N5O2. The molecule has 7 nitrogen and oxygen atoms in total. The fourth-order valence-corrected chi connectivity index (χ4v) is 4.58. The average molecular weight is 444 g/mol. The molecule has 0 N–H and O–H groups in total. The predicted molar refractivity (Wildman–Crippen MR) is 127 cm³/mol. The van der Waals surface area contributed by atoms with Crippen molar-refractivity contribution in [3.05, 3.63) is 83.2 Å². The zero-order valence-electron chi connectivity index (χ0n) is 19.4. The molecule has 33 heavy (non-hydrogen) atoms. The van der Waals surface area contributed by atoms with Crippen LogP contribution in [0.1, 0.15) is 34.6 Å². The molecular weight excluding hydrogens is 414 g/mol. The number of nitrogens with zero attached hydrogens (tertiary/aromatic N) is 5. The predicted octanol–water partition coefficient (Wildman–Crippen LogP) is 4.23. The third-order valence-electron chi connectivity index (χ3n) is 6.01. The van der Waals surface area contributed by atoms with Crippen LogP contribution in [0.3, 0.4) is 0 Å². The van der Waals surface area contributed by atoms with Crippen molar-refractivity contribution >= 4 is 11.0 Å². The van der Waals surface area contributed by atoms with E-state index in [1.54, 1.807) is 7.11 Å². The highest BCUT2D eigenvalue weighted by atomic mass is 16.5. The summed E-state index contributed by atoms with van der Waals surface area (Å²) in [4.78, 5) is 16.7. The summed E-state index contributed by atoms with van der Waals surface area (Å²) in [6.45, 7) is 7.50. The van der Waals surface area contributed by atoms with Crippen LogP contribution in [-0.4, -0.2) is 44.7 Å². The van der Waals surface area contributed by atoms with Crippen molar-refractivity contribution < 1.29 is 9.47 Å². The standard InChI is InChI=1S/C26H29N5O2/c1-18-6-4-8-20(27-18)13-30(14-21-9-5-7-19(2)28-21)15-22-16-33-17-26-29-24-12-23(32-3)10-11-25(24)31(22)26/h4-12,22H,13-17H2,1-3H3. The second-order valence-electron chi connectivity index (χ2n) is 8.63. The van der Waals surface area contributed by atoms with E-state index in [4.69, 9.17) is 24.4 Å². The van der Waals surface area contributed by atoms with E-state index in [0.29, 0.717) is 13.2 Å². The number of ether oxygens (including phenoxy) is 2. The Morgan fingerprint density at radius 3 is 2.30 bits per heavy atom. The normalized spacial score (nSPS) is 15.7. The number of hydrogen-bond donors (Lipinski definition) is 0. The van der Waals surface area contributed by atoms with Gasteiger partial charge in [-0.3, -0.25) is 14.9 Å². The number of methoxy groups -OCH3 is 1. The van der Waals surface area contributed by atoms with Gasteiger partial charge in [0.1, 0.15) is 18.2 Å². The summed E-state index contributed by atoms with van der Waals surface area (Å²) >= 11 is 0. The number of pyridine rings is 2. The van der Waals surface area contributed by atoms with Crippen LogP contribution in [0, 0.1) is 13.8 Å². The molecule has 1 aliphatic heterocycles. The van der Waals surface area contributed by atoms with E-state index in [1.165, 1.54) is 0 Å². The molecule has 0 spiro atoms. The van der Waals surface area contributed by atoms with Gasteiger partial charge in [-0.25, -0.2) is 4.98 Å². The minimum atomic E-state index is 0.141. The van der Waals surface area contributed by atoms with Crippen molar-refractivity contribution in [1.82, 2.24) is 24.4 Å². The topological polar surface area (TPSA) is 65.3 Å². The third-order valence-corrected chi connectivity index (χ3v) is 6.01. The first-order valence-corrected chi connectivity index (χ1v) is 11.3. The molecule has 1 unspecified atom stereocenters. The minimum Gasteiger partial charge on any atom is -0.497 e. The Kier molecular flexibility index (Phi) is 6.07. The van der Waals surface area contributed by atoms with Crippen molar-refractivity contribution in [3.63, 3.8) is 0 Å². The van der Waals surface area contributed by atoms with Crippen molar-refractivity contribution in [2.45, 2.75) is 39.6 Å². The van der Waals surface area contributed by atoms with Gasteiger partial charge in [0, 0.05) is 37.1 Å². The van der Waals surface area contributed by atoms with Crippen LogP contribution >= 0.6 is 0 Å². The Bertz CT molecular complexity index is 1220. The lowest BCUT2D eigenvalue weighted by molar-refractivity contribution is 0.0399. The Morgan fingerprint density at radius 1 is 0.970 bits per heavy atom. The number of aryl methyl sites for hydroxylation is 2. The quantitative estimate of drug-likeness (QED) is 0.426. The van der Waals surface area contributed by atoms with E-state index in [1.807, 2.05) is 38.1 Å². The van der Waals surface area contributed by atoms with Gasteiger partial charge >= 0.3 is 0 Å². The average Bonchev–Trinajstić information content (AvgIpc) is 3.17. The number of imidazole rings is 1. The summed E-state index contributed by atoms with van der Waals surface area (Å²) in [5.74, 6) is 1.77. The highest BCUT2D eigenvalue weighted by Crippen LogP contribution is 2.29. The molecule has 170 valence electrons. The molecule has 0 aliphatic carbocycles. The molecule has 4 heterocycles. The molecule has 1 aliphatic rings. The van der Waals surface area contributed by atoms with Gasteiger partial charge in [0.05, 0.1) is 42.2 Å². The van der Waals surface area contributed by atoms with Crippen molar-refractivity contribution in [2.75, 3.05) is 20.3 Å². The number of rotatable bonds is 7. The number of fused-ring (bicyclic) bond motifs is 3. The lowest BCUT2D eigenvalue weighted by Gasteiger charge is -2.31. The molecule has 5 rings (SSSR count). The first kappa shape index (κ1) is 21.6. The van der Waals surface area contributed by atoms with Gasteiger partial charge in [-0.15, -0.1) is 0 Å². The van der Waals surface area contributed by atoms with Crippen LogP contribution in [0.4, 0.5) is 0 Å². The molecule has 0 amide bonds. The van der Waals surface area contributed by atoms with Crippen LogP contribution < -0.4 is 4.74 Å². The third kappa shape index (κ3) is 4.74. The van der Waals surface area contributed by atoms with Crippen LogP contribution in [-0.2, 0) is 24.4 Å². The van der Waals surface area contributed by atoms with Gasteiger partial charge in [0.2, 0.25) is 0 Å². The summed E-state index contributed by atoms with van der Waals surface area (Å²) in [6, 6.07) is 18.6. The van der Waals surface area contributed by atoms with Gasteiger partial charge in [-0.2, -0.15) is 0 Å². The molecule has 3 aromatic heterocycles. The lowest BCUT2D eigenvalue weighted by atomic mass is 10.2. The summed E-state index contributed by atoms with van der Waals surface area (Å²) in [7, 11) is 1.68. The van der Waals surface area contributed by atoms with Gasteiger partial charge in [-0.05, 0) is 50.2 Å². The minimum absolute atomic E-state index is 0.141. The monoisotopic (exact) mass is 443 g/mol. The molecule has 1 aromatic carbocycles. The van der Waals surface area contributed by atoms with Gasteiger partial charge in [-0.1, -0.05) is 12.1 Å². The van der Waals surface area contributed by atoms with Crippen molar-refractivity contribution in [2.24, 2.45) is 0 Å². The maximum absolute atomic E-state index is 5.96. The Labute approximate surface area is 194 Å². The molecule has 0 fully saturated rings. The van der Waals surface area contributed by atoms with Crippen LogP contribution in [0.5, 0.6) is 5.75 Å². The van der Waals surface area contributed by atoms with E-state index in [-0.39, 0.29) is 6.04 Å². The first-order valence-electron chi connectivity index (χ1n) is 11.3. The second kappa shape index (κ2) is 9.29. The molecule has 0 saturated heterocycles. The van der Waals surface area contributed by atoms with E-state index in [9.17, 15) is 0 Å². The van der Waals surface area contributed by atoms with Gasteiger partial charge < -0.3 is 14.0 Å². The molecule has 1 atom stereocenters. The highest BCUT2D eigenvalue weighted by molar-refractivity contribution is 5.78. The van der Waals surface area contributed by atoms with Gasteiger partial charge in [0.25, 0.3) is 0 Å². The van der Waals surface area contributed by atoms with Crippen LogP contribution in [0.15, 0.2) is 54.6 Å². The summed E-state index contributed by atoms with van der Waals surface area (Å²) in [5, 5.41) is 0. The zero-order chi connectivity index (χ0) is 22.8. The maximum Gasteiger partial charge on any atom is 0.136 e. The fraction of sp³-hybridized carbons (Fsp3) is 0.346. The van der Waals surface area contributed by atoms with Crippen LogP contribution in [0.25, 0.3) is 11.0 Å². The fourth-order valence-electron chi connectivity index (χ4n) is 4.58. The molecule has 0 saturated carbocycles. The van der Waals surface area contributed by atoms with E-state index < -0.39 is 0 Å². The smallest absolute Gasteiger partial charge is 0.136 e. The largest absolute Gasteiger partial charge is 0.497 e. The molecule has 4 aromatic rings. The Morgan fingerprint density at radius 2 is 1.67 bits per heavy atom. The summed E-state index contributed by atoms with van der Waals surface area (Å²) in [5.41, 5.74) is 6.21. The van der Waals surface area contributed by atoms with Crippen LogP contribution in [0.2, 0.25) is 0 Å².